The molecule has 4 N–H and O–H groups in total. The average molecular weight is 1390 g/mol. The third-order valence-electron chi connectivity index (χ3n) is 25.6. The van der Waals surface area contributed by atoms with Crippen molar-refractivity contribution in [3.63, 3.8) is 0 Å². The number of ether oxygens (including phenoxy) is 2. The Morgan fingerprint density at radius 1 is 0.449 bits per heavy atom. The number of carbonyl (C=O) groups is 1. The second-order valence-electron chi connectivity index (χ2n) is 33.8. The van der Waals surface area contributed by atoms with Crippen molar-refractivity contribution >= 4 is 5.97 Å². The molecule has 19 unspecified atom stereocenters. The number of carbonyl (C=O) groups excluding carboxylic acids is 1. The van der Waals surface area contributed by atoms with Gasteiger partial charge in [0.05, 0.1) is 36.1 Å². The normalized spacial score (nSPS) is 31.4. The predicted molar refractivity (Wildman–Crippen MR) is 436 cm³/mol. The lowest BCUT2D eigenvalue weighted by Gasteiger charge is -2.25. The molecule has 10 aliphatic rings. The molecule has 0 radical (unpaired) electrons. The summed E-state index contributed by atoms with van der Waals surface area (Å²) in [6.45, 7) is 63.0. The SMILES string of the molecule is C1CC2C3CCC(C3)C2C1.CC.CC.CC(O)C(C)O.CC1C2CCC(C2)C1C.CC1CC2OC2CC1C.CC1CC=CCC1C.CC1CCC(C)CC1.CC1CCCCC1C.CCC(C)(CC)OC(C)=O.CCC(C)(O)CC.CCC(C)CC.CCC(C)O.CCCCCCCC. The van der Waals surface area contributed by atoms with E-state index in [0.29, 0.717) is 12.2 Å². The van der Waals surface area contributed by atoms with Gasteiger partial charge in [0, 0.05) is 6.92 Å². The maximum Gasteiger partial charge on any atom is 0.303 e. The molecule has 0 aromatic rings. The highest BCUT2D eigenvalue weighted by Crippen LogP contribution is 2.58. The third kappa shape index (κ3) is 50.5. The van der Waals surface area contributed by atoms with Gasteiger partial charge in [-0.05, 0) is 244 Å². The van der Waals surface area contributed by atoms with E-state index in [-0.39, 0.29) is 17.7 Å². The number of allylic oxidation sites excluding steroid dienone is 2. The van der Waals surface area contributed by atoms with Crippen molar-refractivity contribution in [1.82, 2.24) is 0 Å². The predicted octanol–water partition coefficient (Wildman–Crippen LogP) is 27.7. The molecule has 10 rings (SSSR count). The van der Waals surface area contributed by atoms with Crippen molar-refractivity contribution in [1.29, 1.82) is 0 Å². The molecule has 7 nitrogen and oxygen atoms in total. The fraction of sp³-hybridized carbons (Fsp3) is 0.967. The van der Waals surface area contributed by atoms with E-state index in [1.807, 2.05) is 76.2 Å². The fourth-order valence-corrected chi connectivity index (χ4v) is 14.8. The van der Waals surface area contributed by atoms with Crippen molar-refractivity contribution < 1.29 is 34.7 Å². The Hall–Kier alpha value is -0.990. The first-order valence-electron chi connectivity index (χ1n) is 43.5. The highest BCUT2D eigenvalue weighted by atomic mass is 16.6. The van der Waals surface area contributed by atoms with Crippen molar-refractivity contribution in [2.45, 2.75) is 468 Å². The first-order valence-corrected chi connectivity index (χ1v) is 43.5. The van der Waals surface area contributed by atoms with E-state index in [0.717, 1.165) is 109 Å². The molecule has 0 amide bonds. The van der Waals surface area contributed by atoms with Crippen LogP contribution in [-0.2, 0) is 14.3 Å². The zero-order valence-corrected chi connectivity index (χ0v) is 72.4. The van der Waals surface area contributed by atoms with Gasteiger partial charge >= 0.3 is 5.97 Å². The second kappa shape index (κ2) is 62.2. The summed E-state index contributed by atoms with van der Waals surface area (Å²) in [6.07, 6.45) is 51.3. The minimum Gasteiger partial charge on any atom is -0.460 e. The Morgan fingerprint density at radius 3 is 1.00 bits per heavy atom. The summed E-state index contributed by atoms with van der Waals surface area (Å²) in [5.74, 6) is 17.5. The molecule has 1 heterocycles. The van der Waals surface area contributed by atoms with Gasteiger partial charge in [0.1, 0.15) is 5.60 Å². The number of aliphatic hydroxyl groups excluding tert-OH is 3. The number of aliphatic hydroxyl groups is 4. The third-order valence-corrected chi connectivity index (χ3v) is 25.6. The van der Waals surface area contributed by atoms with Crippen molar-refractivity contribution in [3.05, 3.63) is 12.2 Å². The highest BCUT2D eigenvalue weighted by molar-refractivity contribution is 5.66. The first-order chi connectivity index (χ1) is 46.2. The lowest BCUT2D eigenvalue weighted by atomic mass is 9.82. The molecule has 98 heavy (non-hydrogen) atoms. The van der Waals surface area contributed by atoms with Gasteiger partial charge in [0.2, 0.25) is 0 Å². The van der Waals surface area contributed by atoms with Gasteiger partial charge in [-0.3, -0.25) is 4.79 Å². The number of esters is 1. The van der Waals surface area contributed by atoms with Crippen LogP contribution in [0, 0.1) is 101 Å². The molecule has 9 aliphatic carbocycles. The molecule has 1 saturated heterocycles. The largest absolute Gasteiger partial charge is 0.460 e. The highest BCUT2D eigenvalue weighted by Gasteiger charge is 2.49. The van der Waals surface area contributed by atoms with Gasteiger partial charge in [0.25, 0.3) is 0 Å². The van der Waals surface area contributed by atoms with E-state index in [1.165, 1.54) is 172 Å². The lowest BCUT2D eigenvalue weighted by Crippen LogP contribution is -2.28. The van der Waals surface area contributed by atoms with E-state index in [1.54, 1.807) is 65.7 Å². The van der Waals surface area contributed by atoms with E-state index >= 15 is 0 Å². The summed E-state index contributed by atoms with van der Waals surface area (Å²) in [5.41, 5.74) is -0.661. The molecular weight excluding hydrogens is 1200 g/mol. The molecule has 19 atom stereocenters. The Balaban J connectivity index is -0.000000492. The zero-order valence-electron chi connectivity index (χ0n) is 72.4. The zero-order chi connectivity index (χ0) is 76.1. The number of fused-ring (bicyclic) bond motifs is 8. The smallest absolute Gasteiger partial charge is 0.303 e. The Kier molecular flexibility index (Phi) is 65.6. The van der Waals surface area contributed by atoms with E-state index < -0.39 is 17.8 Å². The maximum absolute atomic E-state index is 10.6. The summed E-state index contributed by atoms with van der Waals surface area (Å²) in [5, 5.41) is 34.3. The Bertz CT molecular complexity index is 1640. The average Bonchev–Trinajstić information content (AvgIpc) is 1.64. The van der Waals surface area contributed by atoms with E-state index in [4.69, 9.17) is 29.9 Å². The molecule has 7 heteroatoms. The number of rotatable bonds is 14. The van der Waals surface area contributed by atoms with Crippen LogP contribution in [0.25, 0.3) is 0 Å². The van der Waals surface area contributed by atoms with Crippen molar-refractivity contribution in [3.8, 4) is 0 Å². The quantitative estimate of drug-likeness (QED) is 0.0592. The first kappa shape index (κ1) is 103. The van der Waals surface area contributed by atoms with E-state index in [2.05, 4.69) is 116 Å². The molecule has 9 fully saturated rings. The van der Waals surface area contributed by atoms with Gasteiger partial charge in [-0.25, -0.2) is 0 Å². The summed E-state index contributed by atoms with van der Waals surface area (Å²) in [6, 6.07) is 0. The van der Waals surface area contributed by atoms with Gasteiger partial charge in [-0.15, -0.1) is 0 Å². The van der Waals surface area contributed by atoms with Crippen LogP contribution >= 0.6 is 0 Å². The molecule has 8 saturated carbocycles. The van der Waals surface area contributed by atoms with Gasteiger partial charge in [-0.1, -0.05) is 287 Å². The standard InChI is InChI=1S/C10H16.C9H16.C8H16O2.C8H14O.2C8H16.C8H14.C8H18.C6H14O.C6H14.C4H10O2.C4H10O.2C2H6/c1-2-9-7-4-5-8(6-7)10(9)3-1;1-6-7(2)9-4-3-8(6)5-9;1-5-8(4,6-2)10-7(3)9;1-5-3-7-8(9-7)4-6(5)2;1-7-3-5-8(2)6-4-7;2*1-7-5-3-4-6-8(7)2;1-3-5-7-8-6-4-2;1-4-6(3,7)5-2;1-4-6(3)5-2;1-3(5)4(2)6;1-3-4(2)5;2*1-2/h7-10H,1-6H2;6-9H,3-5H2,1-2H3;5-6H2,1-4H3;5-8H,3-4H2,1-2H3;2*7-8H,3-6H2,1-2H3;3-4,7-8H,5-6H2,1-2H3;3-8H2,1-2H3;7H,4-5H2,1-3H3;6H,4-5H2,1-3H3;3-6H,1-2H3;4-5H,3H2,1-2H3;2*1-2H3. The minimum absolute atomic E-state index is 0.116. The Morgan fingerprint density at radius 2 is 0.786 bits per heavy atom. The van der Waals surface area contributed by atoms with Gasteiger partial charge in [0.15, 0.2) is 0 Å². The van der Waals surface area contributed by atoms with Crippen LogP contribution in [0.3, 0.4) is 0 Å². The van der Waals surface area contributed by atoms with Crippen LogP contribution < -0.4 is 0 Å². The van der Waals surface area contributed by atoms with E-state index in [9.17, 15) is 4.79 Å². The lowest BCUT2D eigenvalue weighted by molar-refractivity contribution is -0.155. The van der Waals surface area contributed by atoms with Crippen LogP contribution in [0.15, 0.2) is 12.2 Å². The second-order valence-corrected chi connectivity index (χ2v) is 33.8. The number of hydrogen-bond acceptors (Lipinski definition) is 7. The molecule has 1 aliphatic heterocycles. The van der Waals surface area contributed by atoms with Gasteiger partial charge < -0.3 is 29.9 Å². The topological polar surface area (TPSA) is 120 Å². The van der Waals surface area contributed by atoms with Crippen LogP contribution in [0.5, 0.6) is 0 Å². The monoisotopic (exact) mass is 1390 g/mol. The summed E-state index contributed by atoms with van der Waals surface area (Å²) < 4.78 is 10.5. The Labute approximate surface area is 617 Å². The van der Waals surface area contributed by atoms with Crippen LogP contribution in [-0.4, -0.2) is 68.1 Å². The number of unbranched alkanes of at least 4 members (excludes halogenated alkanes) is 5. The molecule has 0 spiro atoms. The molecule has 4 bridgehead atoms. The van der Waals surface area contributed by atoms with Crippen LogP contribution in [0.1, 0.15) is 426 Å². The molecular formula is C91H186O7. The van der Waals surface area contributed by atoms with Crippen LogP contribution in [0.2, 0.25) is 0 Å². The molecule has 0 aromatic carbocycles. The van der Waals surface area contributed by atoms with Crippen molar-refractivity contribution in [2.75, 3.05) is 0 Å². The minimum atomic E-state index is -0.593. The molecule has 592 valence electrons. The molecule has 0 aromatic heterocycles. The van der Waals surface area contributed by atoms with Gasteiger partial charge in [-0.2, -0.15) is 0 Å². The summed E-state index contributed by atoms with van der Waals surface area (Å²) in [7, 11) is 0. The number of epoxide rings is 1. The van der Waals surface area contributed by atoms with Crippen LogP contribution in [0.4, 0.5) is 0 Å². The maximum atomic E-state index is 10.6. The van der Waals surface area contributed by atoms with Crippen molar-refractivity contribution in [2.24, 2.45) is 101 Å². The number of hydrogen-bond donors (Lipinski definition) is 4. The summed E-state index contributed by atoms with van der Waals surface area (Å²) >= 11 is 0. The fourth-order valence-electron chi connectivity index (χ4n) is 14.8. The summed E-state index contributed by atoms with van der Waals surface area (Å²) in [4.78, 5) is 10.6.